The van der Waals surface area contributed by atoms with E-state index < -0.39 is 18.1 Å². The zero-order chi connectivity index (χ0) is 15.3. The predicted molar refractivity (Wildman–Crippen MR) is 79.8 cm³/mol. The van der Waals surface area contributed by atoms with E-state index in [9.17, 15) is 9.90 Å². The molecule has 0 fully saturated rings. The highest BCUT2D eigenvalue weighted by Gasteiger charge is 2.25. The molecule has 112 valence electrons. The molecule has 1 aromatic rings. The molecule has 0 spiro atoms. The highest BCUT2D eigenvalue weighted by atomic mass is 16.4. The maximum absolute atomic E-state index is 11.0. The number of carboxylic acids is 1. The van der Waals surface area contributed by atoms with Gasteiger partial charge in [0, 0.05) is 12.1 Å². The summed E-state index contributed by atoms with van der Waals surface area (Å²) in [7, 11) is 0. The van der Waals surface area contributed by atoms with Gasteiger partial charge >= 0.3 is 5.97 Å². The van der Waals surface area contributed by atoms with Gasteiger partial charge in [-0.1, -0.05) is 30.7 Å². The Kier molecular flexibility index (Phi) is 6.17. The van der Waals surface area contributed by atoms with E-state index in [4.69, 9.17) is 5.11 Å². The van der Waals surface area contributed by atoms with Crippen LogP contribution in [-0.4, -0.2) is 28.3 Å². The van der Waals surface area contributed by atoms with E-state index in [1.807, 2.05) is 45.9 Å². The fraction of sp³-hybridized carbons (Fsp3) is 0.562. The Morgan fingerprint density at radius 2 is 2.00 bits per heavy atom. The Morgan fingerprint density at radius 1 is 1.35 bits per heavy atom. The Bertz CT molecular complexity index is 459. The first-order valence-electron chi connectivity index (χ1n) is 7.08. The minimum atomic E-state index is -0.907. The highest BCUT2D eigenvalue weighted by Crippen LogP contribution is 2.24. The lowest BCUT2D eigenvalue weighted by Gasteiger charge is -2.27. The van der Waals surface area contributed by atoms with E-state index in [0.717, 1.165) is 23.1 Å². The standard InChI is InChI=1S/C16H25NO3/c1-5-12(4)17-14(9-15(18)19)16(20)13-8-10(2)6-7-11(13)3/h6-8,12,14,16-17,20H,5,9H2,1-4H3,(H,18,19). The van der Waals surface area contributed by atoms with Crippen LogP contribution in [0.4, 0.5) is 0 Å². The monoisotopic (exact) mass is 279 g/mol. The lowest BCUT2D eigenvalue weighted by molar-refractivity contribution is -0.138. The van der Waals surface area contributed by atoms with Crippen molar-refractivity contribution in [2.75, 3.05) is 0 Å². The molecule has 3 N–H and O–H groups in total. The van der Waals surface area contributed by atoms with Gasteiger partial charge in [0.25, 0.3) is 0 Å². The minimum Gasteiger partial charge on any atom is -0.481 e. The van der Waals surface area contributed by atoms with Crippen LogP contribution in [0.1, 0.15) is 49.5 Å². The van der Waals surface area contributed by atoms with Gasteiger partial charge in [0.1, 0.15) is 0 Å². The smallest absolute Gasteiger partial charge is 0.305 e. The van der Waals surface area contributed by atoms with E-state index in [2.05, 4.69) is 5.32 Å². The number of benzene rings is 1. The molecule has 0 aliphatic carbocycles. The molecular weight excluding hydrogens is 254 g/mol. The van der Waals surface area contributed by atoms with Crippen molar-refractivity contribution >= 4 is 5.97 Å². The largest absolute Gasteiger partial charge is 0.481 e. The zero-order valence-electron chi connectivity index (χ0n) is 12.7. The van der Waals surface area contributed by atoms with Gasteiger partial charge in [0.15, 0.2) is 0 Å². The summed E-state index contributed by atoms with van der Waals surface area (Å²) in [5, 5.41) is 22.8. The van der Waals surface area contributed by atoms with E-state index in [0.29, 0.717) is 0 Å². The van der Waals surface area contributed by atoms with Crippen LogP contribution in [0, 0.1) is 13.8 Å². The summed E-state index contributed by atoms with van der Waals surface area (Å²) in [4.78, 5) is 11.0. The second-order valence-corrected chi connectivity index (χ2v) is 5.49. The number of carboxylic acid groups (broad SMARTS) is 1. The average molecular weight is 279 g/mol. The van der Waals surface area contributed by atoms with Crippen molar-refractivity contribution in [3.8, 4) is 0 Å². The van der Waals surface area contributed by atoms with E-state index in [1.165, 1.54) is 0 Å². The van der Waals surface area contributed by atoms with Crippen LogP contribution >= 0.6 is 0 Å². The van der Waals surface area contributed by atoms with Crippen LogP contribution in [0.2, 0.25) is 0 Å². The van der Waals surface area contributed by atoms with Crippen molar-refractivity contribution in [1.29, 1.82) is 0 Å². The molecule has 4 nitrogen and oxygen atoms in total. The number of aryl methyl sites for hydroxylation is 2. The first kappa shape index (κ1) is 16.7. The molecule has 0 saturated carbocycles. The Hall–Kier alpha value is -1.39. The normalized spacial score (nSPS) is 15.7. The third kappa shape index (κ3) is 4.62. The van der Waals surface area contributed by atoms with Crippen LogP contribution < -0.4 is 5.32 Å². The Labute approximate surface area is 120 Å². The van der Waals surface area contributed by atoms with Crippen LogP contribution in [0.3, 0.4) is 0 Å². The minimum absolute atomic E-state index is 0.0983. The number of hydrogen-bond acceptors (Lipinski definition) is 3. The van der Waals surface area contributed by atoms with Gasteiger partial charge in [-0.15, -0.1) is 0 Å². The first-order chi connectivity index (χ1) is 9.35. The van der Waals surface area contributed by atoms with Crippen molar-refractivity contribution in [3.05, 3.63) is 34.9 Å². The molecule has 3 atom stereocenters. The van der Waals surface area contributed by atoms with Gasteiger partial charge in [-0.05, 0) is 38.3 Å². The Morgan fingerprint density at radius 3 is 2.55 bits per heavy atom. The zero-order valence-corrected chi connectivity index (χ0v) is 12.7. The van der Waals surface area contributed by atoms with Crippen molar-refractivity contribution in [3.63, 3.8) is 0 Å². The summed E-state index contributed by atoms with van der Waals surface area (Å²) in [5.41, 5.74) is 2.83. The molecule has 1 aromatic carbocycles. The predicted octanol–water partition coefficient (Wildman–Crippen LogP) is 2.57. The third-order valence-electron chi connectivity index (χ3n) is 3.64. The third-order valence-corrected chi connectivity index (χ3v) is 3.64. The molecule has 1 rings (SSSR count). The van der Waals surface area contributed by atoms with Crippen LogP contribution in [0.25, 0.3) is 0 Å². The van der Waals surface area contributed by atoms with Gasteiger partial charge < -0.3 is 15.5 Å². The number of aliphatic hydroxyl groups is 1. The molecule has 0 radical (unpaired) electrons. The van der Waals surface area contributed by atoms with Crippen molar-refractivity contribution < 1.29 is 15.0 Å². The van der Waals surface area contributed by atoms with Gasteiger partial charge in [0.2, 0.25) is 0 Å². The summed E-state index contributed by atoms with van der Waals surface area (Å²) in [5.74, 6) is -0.907. The molecule has 0 bridgehead atoms. The fourth-order valence-electron chi connectivity index (χ4n) is 2.23. The summed E-state index contributed by atoms with van der Waals surface area (Å²) < 4.78 is 0. The second kappa shape index (κ2) is 7.41. The summed E-state index contributed by atoms with van der Waals surface area (Å²) in [6.45, 7) is 7.91. The number of nitrogens with one attached hydrogen (secondary N) is 1. The molecule has 4 heteroatoms. The Balaban J connectivity index is 2.99. The van der Waals surface area contributed by atoms with Crippen molar-refractivity contribution in [2.24, 2.45) is 0 Å². The number of rotatable bonds is 7. The van der Waals surface area contributed by atoms with Crippen LogP contribution in [-0.2, 0) is 4.79 Å². The number of aliphatic hydroxyl groups excluding tert-OH is 1. The number of carbonyl (C=O) groups is 1. The van der Waals surface area contributed by atoms with Crippen molar-refractivity contribution in [2.45, 2.75) is 58.7 Å². The molecular formula is C16H25NO3. The van der Waals surface area contributed by atoms with Gasteiger partial charge in [-0.2, -0.15) is 0 Å². The number of aliphatic carboxylic acids is 1. The quantitative estimate of drug-likeness (QED) is 0.717. The van der Waals surface area contributed by atoms with E-state index >= 15 is 0 Å². The van der Waals surface area contributed by atoms with Gasteiger partial charge in [-0.25, -0.2) is 0 Å². The maximum atomic E-state index is 11.0. The summed E-state index contributed by atoms with van der Waals surface area (Å²) in [6, 6.07) is 5.55. The molecule has 0 saturated heterocycles. The topological polar surface area (TPSA) is 69.6 Å². The molecule has 0 aliphatic heterocycles. The van der Waals surface area contributed by atoms with Crippen LogP contribution in [0.5, 0.6) is 0 Å². The lowest BCUT2D eigenvalue weighted by atomic mass is 9.94. The van der Waals surface area contributed by atoms with Gasteiger partial charge in [-0.3, -0.25) is 4.79 Å². The average Bonchev–Trinajstić information content (AvgIpc) is 2.39. The maximum Gasteiger partial charge on any atom is 0.305 e. The second-order valence-electron chi connectivity index (χ2n) is 5.49. The summed E-state index contributed by atoms with van der Waals surface area (Å²) in [6.07, 6.45) is -0.0332. The SMILES string of the molecule is CCC(C)NC(CC(=O)O)C(O)c1cc(C)ccc1C. The first-order valence-corrected chi connectivity index (χ1v) is 7.08. The fourth-order valence-corrected chi connectivity index (χ4v) is 2.23. The van der Waals surface area contributed by atoms with E-state index in [-0.39, 0.29) is 12.5 Å². The summed E-state index contributed by atoms with van der Waals surface area (Å²) >= 11 is 0. The molecule has 3 unspecified atom stereocenters. The number of hydrogen-bond donors (Lipinski definition) is 3. The van der Waals surface area contributed by atoms with Gasteiger partial charge in [0.05, 0.1) is 12.5 Å². The molecule has 0 aliphatic rings. The van der Waals surface area contributed by atoms with Crippen LogP contribution in [0.15, 0.2) is 18.2 Å². The molecule has 0 amide bonds. The molecule has 0 aromatic heterocycles. The molecule has 0 heterocycles. The highest BCUT2D eigenvalue weighted by molar-refractivity contribution is 5.67. The van der Waals surface area contributed by atoms with E-state index in [1.54, 1.807) is 0 Å². The molecule has 20 heavy (non-hydrogen) atoms. The van der Waals surface area contributed by atoms with Crippen molar-refractivity contribution in [1.82, 2.24) is 5.32 Å². The lowest BCUT2D eigenvalue weighted by Crippen LogP contribution is -2.42.